The van der Waals surface area contributed by atoms with E-state index in [0.717, 1.165) is 41.8 Å². The molecule has 3 fully saturated rings. The maximum Gasteiger partial charge on any atom is 0.416 e. The van der Waals surface area contributed by atoms with Crippen LogP contribution in [-0.4, -0.2) is 73.1 Å². The number of likely N-dealkylation sites (tertiary alicyclic amines) is 1. The molecule has 1 aromatic rings. The summed E-state index contributed by atoms with van der Waals surface area (Å²) >= 11 is 0. The SMILES string of the molecule is O=C(C1CCCN1C(=O)C1CC1)N1CCN(S(=O)(=O)c2cccc(C(F)(F)F)c2)CC1. The van der Waals surface area contributed by atoms with Crippen molar-refractivity contribution in [3.8, 4) is 0 Å². The summed E-state index contributed by atoms with van der Waals surface area (Å²) in [4.78, 5) is 28.2. The van der Waals surface area contributed by atoms with Crippen LogP contribution in [0.2, 0.25) is 0 Å². The number of hydrogen-bond donors (Lipinski definition) is 0. The zero-order valence-electron chi connectivity index (χ0n) is 16.8. The van der Waals surface area contributed by atoms with E-state index in [1.54, 1.807) is 9.80 Å². The van der Waals surface area contributed by atoms with E-state index in [0.29, 0.717) is 19.0 Å². The predicted octanol–water partition coefficient (Wildman–Crippen LogP) is 1.94. The van der Waals surface area contributed by atoms with Gasteiger partial charge in [-0.2, -0.15) is 17.5 Å². The molecule has 0 spiro atoms. The molecule has 2 heterocycles. The lowest BCUT2D eigenvalue weighted by molar-refractivity contribution is -0.145. The van der Waals surface area contributed by atoms with Gasteiger partial charge in [-0.3, -0.25) is 9.59 Å². The van der Waals surface area contributed by atoms with Crippen LogP contribution >= 0.6 is 0 Å². The number of alkyl halides is 3. The zero-order valence-corrected chi connectivity index (χ0v) is 17.7. The first-order valence-electron chi connectivity index (χ1n) is 10.4. The number of nitrogens with zero attached hydrogens (tertiary/aromatic N) is 3. The summed E-state index contributed by atoms with van der Waals surface area (Å²) in [5.74, 6) is -0.118. The fourth-order valence-electron chi connectivity index (χ4n) is 4.19. The van der Waals surface area contributed by atoms with Gasteiger partial charge in [0.05, 0.1) is 10.5 Å². The second-order valence-corrected chi connectivity index (χ2v) is 10.2. The van der Waals surface area contributed by atoms with Crippen molar-refractivity contribution < 1.29 is 31.2 Å². The fraction of sp³-hybridized carbons (Fsp3) is 0.600. The molecule has 2 saturated heterocycles. The Morgan fingerprint density at radius 3 is 2.23 bits per heavy atom. The standard InChI is InChI=1S/C20H24F3N3O4S/c21-20(22,23)15-3-1-4-16(13-15)31(29,30)25-11-9-24(10-12-25)19(28)17-5-2-8-26(17)18(27)14-6-7-14/h1,3-4,13-14,17H,2,5-12H2. The summed E-state index contributed by atoms with van der Waals surface area (Å²) in [7, 11) is -4.11. The second-order valence-electron chi connectivity index (χ2n) is 8.22. The minimum absolute atomic E-state index is 0.00634. The van der Waals surface area contributed by atoms with Gasteiger partial charge in [-0.25, -0.2) is 8.42 Å². The minimum Gasteiger partial charge on any atom is -0.338 e. The molecule has 4 rings (SSSR count). The van der Waals surface area contributed by atoms with Crippen molar-refractivity contribution in [2.75, 3.05) is 32.7 Å². The highest BCUT2D eigenvalue weighted by molar-refractivity contribution is 7.89. The topological polar surface area (TPSA) is 78.0 Å². The molecule has 170 valence electrons. The minimum atomic E-state index is -4.64. The van der Waals surface area contributed by atoms with E-state index in [9.17, 15) is 31.2 Å². The van der Waals surface area contributed by atoms with E-state index in [1.165, 1.54) is 0 Å². The molecular formula is C20H24F3N3O4S. The van der Waals surface area contributed by atoms with Crippen LogP contribution in [-0.2, 0) is 25.8 Å². The van der Waals surface area contributed by atoms with Gasteiger partial charge in [0.15, 0.2) is 0 Å². The summed E-state index contributed by atoms with van der Waals surface area (Å²) < 4.78 is 65.6. The maximum atomic E-state index is 13.0. The van der Waals surface area contributed by atoms with Gasteiger partial charge < -0.3 is 9.80 Å². The molecule has 31 heavy (non-hydrogen) atoms. The third-order valence-corrected chi connectivity index (χ3v) is 7.99. The van der Waals surface area contributed by atoms with Crippen molar-refractivity contribution in [2.24, 2.45) is 5.92 Å². The highest BCUT2D eigenvalue weighted by Gasteiger charge is 2.43. The van der Waals surface area contributed by atoms with E-state index in [-0.39, 0.29) is 43.9 Å². The molecule has 1 unspecified atom stereocenters. The lowest BCUT2D eigenvalue weighted by Crippen LogP contribution is -2.55. The fourth-order valence-corrected chi connectivity index (χ4v) is 5.66. The van der Waals surface area contributed by atoms with Crippen molar-refractivity contribution >= 4 is 21.8 Å². The maximum absolute atomic E-state index is 13.0. The Morgan fingerprint density at radius 1 is 0.935 bits per heavy atom. The van der Waals surface area contributed by atoms with Crippen LogP contribution in [0.5, 0.6) is 0 Å². The number of carbonyl (C=O) groups is 2. The molecule has 3 aliphatic rings. The third kappa shape index (κ3) is 4.43. The van der Waals surface area contributed by atoms with Crippen LogP contribution in [0.25, 0.3) is 0 Å². The summed E-state index contributed by atoms with van der Waals surface area (Å²) in [6.07, 6.45) is -1.55. The molecule has 7 nitrogen and oxygen atoms in total. The van der Waals surface area contributed by atoms with Crippen LogP contribution in [0.15, 0.2) is 29.2 Å². The van der Waals surface area contributed by atoms with Gasteiger partial charge in [-0.15, -0.1) is 0 Å². The first-order chi connectivity index (χ1) is 14.6. The summed E-state index contributed by atoms with van der Waals surface area (Å²) in [6, 6.07) is 3.17. The molecule has 1 saturated carbocycles. The molecule has 0 bridgehead atoms. The Morgan fingerprint density at radius 2 is 1.61 bits per heavy atom. The van der Waals surface area contributed by atoms with E-state index in [4.69, 9.17) is 0 Å². The van der Waals surface area contributed by atoms with Gasteiger partial charge in [-0.05, 0) is 43.9 Å². The number of halogens is 3. The number of piperazine rings is 1. The first-order valence-corrected chi connectivity index (χ1v) is 11.8. The van der Waals surface area contributed by atoms with Gasteiger partial charge in [-0.1, -0.05) is 6.07 Å². The zero-order chi connectivity index (χ0) is 22.4. The number of amides is 2. The Kier molecular flexibility index (Phi) is 5.76. The number of sulfonamides is 1. The molecule has 2 amide bonds. The number of benzene rings is 1. The highest BCUT2D eigenvalue weighted by Crippen LogP contribution is 2.34. The molecule has 1 aliphatic carbocycles. The quantitative estimate of drug-likeness (QED) is 0.690. The first kappa shape index (κ1) is 22.1. The van der Waals surface area contributed by atoms with Crippen molar-refractivity contribution in [1.82, 2.24) is 14.1 Å². The third-order valence-electron chi connectivity index (χ3n) is 6.10. The monoisotopic (exact) mass is 459 g/mol. The van der Waals surface area contributed by atoms with Crippen LogP contribution in [0.1, 0.15) is 31.2 Å². The molecule has 2 aliphatic heterocycles. The highest BCUT2D eigenvalue weighted by atomic mass is 32.2. The molecule has 1 aromatic carbocycles. The van der Waals surface area contributed by atoms with Crippen molar-refractivity contribution in [3.63, 3.8) is 0 Å². The van der Waals surface area contributed by atoms with E-state index in [1.807, 2.05) is 0 Å². The van der Waals surface area contributed by atoms with Gasteiger partial charge >= 0.3 is 6.18 Å². The van der Waals surface area contributed by atoms with E-state index < -0.39 is 32.7 Å². The lowest BCUT2D eigenvalue weighted by atomic mass is 10.1. The van der Waals surface area contributed by atoms with Crippen molar-refractivity contribution in [1.29, 1.82) is 0 Å². The summed E-state index contributed by atoms with van der Waals surface area (Å²) in [6.45, 7) is 0.828. The Labute approximate surface area is 178 Å². The normalized spacial score (nSPS) is 23.3. The van der Waals surface area contributed by atoms with Gasteiger partial charge in [0, 0.05) is 38.6 Å². The second kappa shape index (κ2) is 8.09. The molecule has 1 atom stereocenters. The van der Waals surface area contributed by atoms with Crippen LogP contribution in [0.4, 0.5) is 13.2 Å². The summed E-state index contributed by atoms with van der Waals surface area (Å²) in [5.41, 5.74) is -1.02. The smallest absolute Gasteiger partial charge is 0.338 e. The average Bonchev–Trinajstić information content (AvgIpc) is 3.48. The average molecular weight is 459 g/mol. The largest absolute Gasteiger partial charge is 0.416 e. The number of carbonyl (C=O) groups excluding carboxylic acids is 2. The lowest BCUT2D eigenvalue weighted by Gasteiger charge is -2.36. The number of hydrogen-bond acceptors (Lipinski definition) is 4. The van der Waals surface area contributed by atoms with Gasteiger partial charge in [0.2, 0.25) is 21.8 Å². The van der Waals surface area contributed by atoms with Gasteiger partial charge in [0.1, 0.15) is 6.04 Å². The Bertz CT molecular complexity index is 970. The van der Waals surface area contributed by atoms with Crippen molar-refractivity contribution in [2.45, 2.75) is 42.8 Å². The summed E-state index contributed by atoms with van der Waals surface area (Å²) in [5, 5.41) is 0. The van der Waals surface area contributed by atoms with Crippen molar-refractivity contribution in [3.05, 3.63) is 29.8 Å². The van der Waals surface area contributed by atoms with Crippen LogP contribution < -0.4 is 0 Å². The predicted molar refractivity (Wildman–Crippen MR) is 104 cm³/mol. The molecule has 0 aromatic heterocycles. The van der Waals surface area contributed by atoms with Crippen LogP contribution in [0.3, 0.4) is 0 Å². The molecule has 11 heteroatoms. The molecule has 0 radical (unpaired) electrons. The Hall–Kier alpha value is -2.14. The molecule has 0 N–H and O–H groups in total. The van der Waals surface area contributed by atoms with E-state index in [2.05, 4.69) is 0 Å². The molecular weight excluding hydrogens is 435 g/mol. The number of rotatable bonds is 4. The Balaban J connectivity index is 1.41. The van der Waals surface area contributed by atoms with Crippen LogP contribution in [0, 0.1) is 5.92 Å². The van der Waals surface area contributed by atoms with E-state index >= 15 is 0 Å². The van der Waals surface area contributed by atoms with Gasteiger partial charge in [0.25, 0.3) is 0 Å².